The van der Waals surface area contributed by atoms with Gasteiger partial charge in [-0.2, -0.15) is 0 Å². The van der Waals surface area contributed by atoms with Gasteiger partial charge in [-0.3, -0.25) is 9.59 Å². The predicted octanol–water partition coefficient (Wildman–Crippen LogP) is 3.77. The lowest BCUT2D eigenvalue weighted by Gasteiger charge is -2.47. The van der Waals surface area contributed by atoms with Crippen LogP contribution in [0.3, 0.4) is 0 Å². The minimum Gasteiger partial charge on any atom is -0.356 e. The molecule has 1 saturated carbocycles. The van der Waals surface area contributed by atoms with Crippen molar-refractivity contribution in [1.29, 1.82) is 0 Å². The first-order valence-corrected chi connectivity index (χ1v) is 10.2. The average Bonchev–Trinajstić information content (AvgIpc) is 3.11. The fourth-order valence-electron chi connectivity index (χ4n) is 5.84. The Labute approximate surface area is 153 Å². The maximum absolute atomic E-state index is 13.1. The first-order valence-electron chi connectivity index (χ1n) is 10.2. The lowest BCUT2D eigenvalue weighted by atomic mass is 9.56. The number of nitrogens with zero attached hydrogens (tertiary/aromatic N) is 1. The third-order valence-electron chi connectivity index (χ3n) is 7.18. The Balaban J connectivity index is 2.40. The number of nitrogens with one attached hydrogen (secondary N) is 1. The molecular weight excluding hydrogens is 312 g/mol. The highest BCUT2D eigenvalue weighted by atomic mass is 16.2. The summed E-state index contributed by atoms with van der Waals surface area (Å²) < 4.78 is 0. The molecule has 2 aliphatic carbocycles. The molecule has 1 fully saturated rings. The zero-order chi connectivity index (χ0) is 18.7. The van der Waals surface area contributed by atoms with Crippen LogP contribution in [0.2, 0.25) is 0 Å². The molecule has 0 radical (unpaired) electrons. The number of carbonyl (C=O) groups excluding carboxylic acids is 2. The van der Waals surface area contributed by atoms with E-state index in [2.05, 4.69) is 31.3 Å². The van der Waals surface area contributed by atoms with Gasteiger partial charge in [-0.15, -0.1) is 0 Å². The van der Waals surface area contributed by atoms with Crippen molar-refractivity contribution >= 4 is 11.8 Å². The molecule has 2 rings (SSSR count). The Bertz CT molecular complexity index is 520. The van der Waals surface area contributed by atoms with E-state index in [0.29, 0.717) is 32.0 Å². The normalized spacial score (nSPS) is 27.3. The Morgan fingerprint density at radius 3 is 2.24 bits per heavy atom. The molecule has 3 unspecified atom stereocenters. The van der Waals surface area contributed by atoms with E-state index in [0.717, 1.165) is 25.7 Å². The standard InChI is InChI=1S/C21H36N2O2/c1-6-20(7-2)16-11-13-21(20,14-12-16)17(19(25)22-8-3)15-18(24)23(9-4)10-5/h11,13,16-17H,6-10,12,14-15H2,1-5H3,(H,22,25). The van der Waals surface area contributed by atoms with Crippen molar-refractivity contribution in [3.63, 3.8) is 0 Å². The molecule has 0 aromatic heterocycles. The smallest absolute Gasteiger partial charge is 0.224 e. The number of hydrogen-bond donors (Lipinski definition) is 1. The van der Waals surface area contributed by atoms with E-state index in [4.69, 9.17) is 0 Å². The fraction of sp³-hybridized carbons (Fsp3) is 0.810. The van der Waals surface area contributed by atoms with Gasteiger partial charge in [0.1, 0.15) is 0 Å². The summed E-state index contributed by atoms with van der Waals surface area (Å²) in [5.74, 6) is 0.467. The summed E-state index contributed by atoms with van der Waals surface area (Å²) in [5, 5.41) is 3.02. The SMILES string of the molecule is CCNC(=O)C(CC(=O)N(CC)CC)C12C=CC(CC1)C2(CC)CC. The number of rotatable bonds is 9. The fourth-order valence-corrected chi connectivity index (χ4v) is 5.84. The zero-order valence-corrected chi connectivity index (χ0v) is 16.7. The molecule has 0 saturated heterocycles. The molecule has 142 valence electrons. The third kappa shape index (κ3) is 3.02. The third-order valence-corrected chi connectivity index (χ3v) is 7.18. The molecule has 2 aliphatic rings. The highest BCUT2D eigenvalue weighted by Gasteiger charge is 2.63. The summed E-state index contributed by atoms with van der Waals surface area (Å²) in [6.45, 7) is 12.5. The van der Waals surface area contributed by atoms with Crippen LogP contribution in [0.1, 0.15) is 66.7 Å². The average molecular weight is 349 g/mol. The molecule has 1 N–H and O–H groups in total. The quantitative estimate of drug-likeness (QED) is 0.645. The van der Waals surface area contributed by atoms with Gasteiger partial charge >= 0.3 is 0 Å². The van der Waals surface area contributed by atoms with E-state index in [1.165, 1.54) is 0 Å². The number of hydrogen-bond acceptors (Lipinski definition) is 2. The number of amides is 2. The number of carbonyl (C=O) groups is 2. The second-order valence-corrected chi connectivity index (χ2v) is 7.63. The largest absolute Gasteiger partial charge is 0.356 e. The summed E-state index contributed by atoms with van der Waals surface area (Å²) in [6.07, 6.45) is 9.28. The molecule has 25 heavy (non-hydrogen) atoms. The van der Waals surface area contributed by atoms with Crippen LogP contribution in [0.25, 0.3) is 0 Å². The van der Waals surface area contributed by atoms with Gasteiger partial charge in [0.25, 0.3) is 0 Å². The summed E-state index contributed by atoms with van der Waals surface area (Å²) >= 11 is 0. The van der Waals surface area contributed by atoms with Crippen LogP contribution in [0, 0.1) is 22.7 Å². The van der Waals surface area contributed by atoms with Crippen molar-refractivity contribution in [2.45, 2.75) is 66.7 Å². The van der Waals surface area contributed by atoms with Crippen LogP contribution >= 0.6 is 0 Å². The van der Waals surface area contributed by atoms with Gasteiger partial charge in [-0.1, -0.05) is 26.0 Å². The Morgan fingerprint density at radius 1 is 1.16 bits per heavy atom. The Hall–Kier alpha value is -1.32. The van der Waals surface area contributed by atoms with Gasteiger partial charge in [0.15, 0.2) is 0 Å². The van der Waals surface area contributed by atoms with Gasteiger partial charge in [0.05, 0.1) is 5.92 Å². The summed E-state index contributed by atoms with van der Waals surface area (Å²) in [5.41, 5.74) is -0.0322. The second kappa shape index (κ2) is 7.92. The first-order chi connectivity index (χ1) is 12.0. The van der Waals surface area contributed by atoms with Gasteiger partial charge in [-0.05, 0) is 57.8 Å². The van der Waals surface area contributed by atoms with E-state index in [-0.39, 0.29) is 28.6 Å². The minimum atomic E-state index is -0.260. The van der Waals surface area contributed by atoms with E-state index >= 15 is 0 Å². The van der Waals surface area contributed by atoms with E-state index in [9.17, 15) is 9.59 Å². The lowest BCUT2D eigenvalue weighted by Crippen LogP contribution is -2.49. The monoisotopic (exact) mass is 348 g/mol. The van der Waals surface area contributed by atoms with Crippen LogP contribution in [-0.2, 0) is 9.59 Å². The van der Waals surface area contributed by atoms with Crippen molar-refractivity contribution < 1.29 is 9.59 Å². The van der Waals surface area contributed by atoms with Crippen LogP contribution < -0.4 is 5.32 Å². The zero-order valence-electron chi connectivity index (χ0n) is 16.7. The first kappa shape index (κ1) is 20.0. The van der Waals surface area contributed by atoms with Crippen molar-refractivity contribution in [3.05, 3.63) is 12.2 Å². The minimum absolute atomic E-state index is 0.0569. The van der Waals surface area contributed by atoms with Crippen LogP contribution in [0.4, 0.5) is 0 Å². The van der Waals surface area contributed by atoms with Gasteiger partial charge in [0, 0.05) is 31.5 Å². The summed E-state index contributed by atoms with van der Waals surface area (Å²) in [4.78, 5) is 27.8. The van der Waals surface area contributed by atoms with Gasteiger partial charge in [0.2, 0.25) is 11.8 Å². The summed E-state index contributed by atoms with van der Waals surface area (Å²) in [6, 6.07) is 0. The molecule has 0 aliphatic heterocycles. The maximum Gasteiger partial charge on any atom is 0.224 e. The van der Waals surface area contributed by atoms with Crippen molar-refractivity contribution in [2.24, 2.45) is 22.7 Å². The van der Waals surface area contributed by atoms with E-state index in [1.807, 2.05) is 25.7 Å². The van der Waals surface area contributed by atoms with Crippen LogP contribution in [0.5, 0.6) is 0 Å². The highest BCUT2D eigenvalue weighted by Crippen LogP contribution is 2.69. The van der Waals surface area contributed by atoms with Crippen molar-refractivity contribution in [1.82, 2.24) is 10.2 Å². The van der Waals surface area contributed by atoms with E-state index in [1.54, 1.807) is 0 Å². The number of allylic oxidation sites excluding steroid dienone is 2. The molecule has 0 aromatic carbocycles. The molecule has 4 nitrogen and oxygen atoms in total. The van der Waals surface area contributed by atoms with Crippen molar-refractivity contribution in [3.8, 4) is 0 Å². The summed E-state index contributed by atoms with van der Waals surface area (Å²) in [7, 11) is 0. The van der Waals surface area contributed by atoms with E-state index < -0.39 is 0 Å². The number of fused-ring (bicyclic) bond motifs is 2. The molecule has 4 heteroatoms. The predicted molar refractivity (Wildman–Crippen MR) is 102 cm³/mol. The van der Waals surface area contributed by atoms with Gasteiger partial charge < -0.3 is 10.2 Å². The van der Waals surface area contributed by atoms with Crippen molar-refractivity contribution in [2.75, 3.05) is 19.6 Å². The molecule has 2 bridgehead atoms. The topological polar surface area (TPSA) is 49.4 Å². The Morgan fingerprint density at radius 2 is 1.80 bits per heavy atom. The highest BCUT2D eigenvalue weighted by molar-refractivity contribution is 5.87. The lowest BCUT2D eigenvalue weighted by molar-refractivity contribution is -0.141. The van der Waals surface area contributed by atoms with Crippen LogP contribution in [-0.4, -0.2) is 36.3 Å². The molecule has 3 atom stereocenters. The second-order valence-electron chi connectivity index (χ2n) is 7.63. The molecule has 0 aromatic rings. The molecule has 0 heterocycles. The van der Waals surface area contributed by atoms with Crippen LogP contribution in [0.15, 0.2) is 12.2 Å². The molecular formula is C21H36N2O2. The molecule has 0 spiro atoms. The Kier molecular flexibility index (Phi) is 6.34. The maximum atomic E-state index is 13.1. The molecule has 2 amide bonds. The van der Waals surface area contributed by atoms with Gasteiger partial charge in [-0.25, -0.2) is 0 Å².